The molecule has 92 valence electrons. The fourth-order valence-corrected chi connectivity index (χ4v) is 0.751. The van der Waals surface area contributed by atoms with Gasteiger partial charge in [0, 0.05) is 12.6 Å². The molecular formula is C10H17NO5. The highest BCUT2D eigenvalue weighted by Gasteiger charge is 1.99. The van der Waals surface area contributed by atoms with Crippen LogP contribution in [0.3, 0.4) is 0 Å². The van der Waals surface area contributed by atoms with Crippen LogP contribution in [0.25, 0.3) is 0 Å². The van der Waals surface area contributed by atoms with Crippen molar-refractivity contribution in [2.45, 2.75) is 6.92 Å². The van der Waals surface area contributed by atoms with E-state index in [0.29, 0.717) is 6.54 Å². The second kappa shape index (κ2) is 9.97. The number of carbonyl (C=O) groups excluding carboxylic acids is 2. The molecule has 16 heavy (non-hydrogen) atoms. The number of rotatable bonds is 8. The predicted molar refractivity (Wildman–Crippen MR) is 57.0 cm³/mol. The van der Waals surface area contributed by atoms with Crippen molar-refractivity contribution in [3.63, 3.8) is 0 Å². The minimum atomic E-state index is -0.484. The fourth-order valence-electron chi connectivity index (χ4n) is 0.751. The van der Waals surface area contributed by atoms with Gasteiger partial charge in [0.15, 0.2) is 0 Å². The number of nitrogens with one attached hydrogen (secondary N) is 1. The topological polar surface area (TPSA) is 73.9 Å². The van der Waals surface area contributed by atoms with E-state index in [1.54, 1.807) is 6.92 Å². The summed E-state index contributed by atoms with van der Waals surface area (Å²) >= 11 is 0. The summed E-state index contributed by atoms with van der Waals surface area (Å²) in [6.07, 6.45) is 0.613. The van der Waals surface area contributed by atoms with Gasteiger partial charge in [0.1, 0.15) is 13.2 Å². The first-order valence-corrected chi connectivity index (χ1v) is 4.98. The van der Waals surface area contributed by atoms with E-state index >= 15 is 0 Å². The van der Waals surface area contributed by atoms with Crippen LogP contribution in [0, 0.1) is 0 Å². The third-order valence-electron chi connectivity index (χ3n) is 1.42. The van der Waals surface area contributed by atoms with Crippen LogP contribution in [0.4, 0.5) is 4.79 Å². The Morgan fingerprint density at radius 1 is 1.19 bits per heavy atom. The summed E-state index contributed by atoms with van der Waals surface area (Å²) in [7, 11) is 0. The van der Waals surface area contributed by atoms with Gasteiger partial charge >= 0.3 is 12.1 Å². The van der Waals surface area contributed by atoms with Gasteiger partial charge in [-0.05, 0) is 6.92 Å². The Morgan fingerprint density at radius 3 is 2.38 bits per heavy atom. The molecule has 0 heterocycles. The molecule has 1 amide bonds. The molecule has 6 heteroatoms. The molecule has 0 saturated heterocycles. The van der Waals surface area contributed by atoms with Crippen molar-refractivity contribution in [3.8, 4) is 0 Å². The summed E-state index contributed by atoms with van der Waals surface area (Å²) in [5.74, 6) is -0.484. The monoisotopic (exact) mass is 231 g/mol. The van der Waals surface area contributed by atoms with Gasteiger partial charge in [-0.3, -0.25) is 0 Å². The predicted octanol–water partition coefficient (Wildman–Crippen LogP) is 0.478. The highest BCUT2D eigenvalue weighted by molar-refractivity contribution is 5.81. The first-order valence-electron chi connectivity index (χ1n) is 4.98. The van der Waals surface area contributed by atoms with Crippen molar-refractivity contribution < 1.29 is 23.8 Å². The van der Waals surface area contributed by atoms with Gasteiger partial charge in [-0.1, -0.05) is 6.58 Å². The zero-order chi connectivity index (χ0) is 12.2. The zero-order valence-electron chi connectivity index (χ0n) is 9.36. The summed E-state index contributed by atoms with van der Waals surface area (Å²) in [6.45, 7) is 6.42. The van der Waals surface area contributed by atoms with E-state index in [9.17, 15) is 9.59 Å². The fraction of sp³-hybridized carbons (Fsp3) is 0.600. The standard InChI is InChI=1S/C10H17NO5/c1-3-9(12)15-7-5-14-6-8-16-10(13)11-4-2/h3H,1,4-8H2,2H3,(H,11,13). The summed E-state index contributed by atoms with van der Waals surface area (Å²) < 4.78 is 14.4. The third kappa shape index (κ3) is 9.01. The van der Waals surface area contributed by atoms with E-state index in [2.05, 4.69) is 16.6 Å². The normalized spacial score (nSPS) is 9.31. The van der Waals surface area contributed by atoms with E-state index < -0.39 is 12.1 Å². The molecule has 0 fully saturated rings. The zero-order valence-corrected chi connectivity index (χ0v) is 9.36. The Bertz CT molecular complexity index is 229. The lowest BCUT2D eigenvalue weighted by atomic mass is 10.6. The van der Waals surface area contributed by atoms with Gasteiger partial charge in [0.2, 0.25) is 0 Å². The highest BCUT2D eigenvalue weighted by atomic mass is 16.6. The molecule has 0 radical (unpaired) electrons. The van der Waals surface area contributed by atoms with Gasteiger partial charge in [-0.2, -0.15) is 0 Å². The Morgan fingerprint density at radius 2 is 1.81 bits per heavy atom. The number of alkyl carbamates (subject to hydrolysis) is 1. The van der Waals surface area contributed by atoms with E-state index in [-0.39, 0.29) is 26.4 Å². The number of esters is 1. The highest BCUT2D eigenvalue weighted by Crippen LogP contribution is 1.83. The van der Waals surface area contributed by atoms with Crippen LogP contribution in [0.15, 0.2) is 12.7 Å². The quantitative estimate of drug-likeness (QED) is 0.373. The van der Waals surface area contributed by atoms with Gasteiger partial charge in [0.25, 0.3) is 0 Å². The maximum Gasteiger partial charge on any atom is 0.407 e. The van der Waals surface area contributed by atoms with Crippen LogP contribution in [0.2, 0.25) is 0 Å². The average molecular weight is 231 g/mol. The van der Waals surface area contributed by atoms with Crippen LogP contribution in [-0.4, -0.2) is 45.0 Å². The van der Waals surface area contributed by atoms with E-state index in [1.807, 2.05) is 0 Å². The second-order valence-corrected chi connectivity index (χ2v) is 2.65. The van der Waals surface area contributed by atoms with Crippen molar-refractivity contribution in [1.82, 2.24) is 5.32 Å². The van der Waals surface area contributed by atoms with E-state index in [4.69, 9.17) is 9.47 Å². The lowest BCUT2D eigenvalue weighted by Crippen LogP contribution is -2.25. The van der Waals surface area contributed by atoms with Gasteiger partial charge in [-0.15, -0.1) is 0 Å². The van der Waals surface area contributed by atoms with Gasteiger partial charge in [0.05, 0.1) is 13.2 Å². The number of hydrogen-bond donors (Lipinski definition) is 1. The second-order valence-electron chi connectivity index (χ2n) is 2.65. The lowest BCUT2D eigenvalue weighted by Gasteiger charge is -2.06. The minimum Gasteiger partial charge on any atom is -0.460 e. The molecule has 0 aliphatic heterocycles. The Balaban J connectivity index is 3.18. The van der Waals surface area contributed by atoms with Crippen LogP contribution in [-0.2, 0) is 19.0 Å². The smallest absolute Gasteiger partial charge is 0.407 e. The van der Waals surface area contributed by atoms with Gasteiger partial charge in [-0.25, -0.2) is 9.59 Å². The van der Waals surface area contributed by atoms with Crippen LogP contribution in [0.5, 0.6) is 0 Å². The van der Waals surface area contributed by atoms with Crippen molar-refractivity contribution in [2.24, 2.45) is 0 Å². The molecule has 6 nitrogen and oxygen atoms in total. The van der Waals surface area contributed by atoms with Crippen molar-refractivity contribution in [2.75, 3.05) is 33.0 Å². The molecule has 0 rings (SSSR count). The van der Waals surface area contributed by atoms with Crippen molar-refractivity contribution >= 4 is 12.1 Å². The minimum absolute atomic E-state index is 0.159. The largest absolute Gasteiger partial charge is 0.460 e. The summed E-state index contributed by atoms with van der Waals surface area (Å²) in [4.78, 5) is 21.4. The lowest BCUT2D eigenvalue weighted by molar-refractivity contribution is -0.139. The molecule has 1 N–H and O–H groups in total. The number of hydrogen-bond acceptors (Lipinski definition) is 5. The summed E-state index contributed by atoms with van der Waals surface area (Å²) in [5, 5.41) is 2.47. The summed E-state index contributed by atoms with van der Waals surface area (Å²) in [5.41, 5.74) is 0. The molecule has 0 spiro atoms. The number of carbonyl (C=O) groups is 2. The molecule has 0 saturated carbocycles. The van der Waals surface area contributed by atoms with Gasteiger partial charge < -0.3 is 19.5 Å². The molecule has 0 aromatic rings. The number of amides is 1. The Hall–Kier alpha value is -1.56. The Kier molecular flexibility index (Phi) is 9.00. The van der Waals surface area contributed by atoms with Crippen LogP contribution >= 0.6 is 0 Å². The average Bonchev–Trinajstić information content (AvgIpc) is 2.27. The maximum absolute atomic E-state index is 10.8. The molecule has 0 aromatic carbocycles. The van der Waals surface area contributed by atoms with E-state index in [0.717, 1.165) is 6.08 Å². The molecule has 0 bridgehead atoms. The Labute approximate surface area is 94.5 Å². The first-order chi connectivity index (χ1) is 7.70. The van der Waals surface area contributed by atoms with Crippen molar-refractivity contribution in [3.05, 3.63) is 12.7 Å². The molecule has 0 aliphatic rings. The maximum atomic E-state index is 10.8. The first kappa shape index (κ1) is 14.4. The molecule has 0 aliphatic carbocycles. The molecule has 0 atom stereocenters. The SMILES string of the molecule is C=CC(=O)OCCOCCOC(=O)NCC. The van der Waals surface area contributed by atoms with Crippen LogP contribution in [0.1, 0.15) is 6.92 Å². The molecule has 0 aromatic heterocycles. The summed E-state index contributed by atoms with van der Waals surface area (Å²) in [6, 6.07) is 0. The molecule has 0 unspecified atom stereocenters. The van der Waals surface area contributed by atoms with Crippen LogP contribution < -0.4 is 5.32 Å². The third-order valence-corrected chi connectivity index (χ3v) is 1.42. The molecular weight excluding hydrogens is 214 g/mol. The van der Waals surface area contributed by atoms with E-state index in [1.165, 1.54) is 0 Å². The van der Waals surface area contributed by atoms with Crippen molar-refractivity contribution in [1.29, 1.82) is 0 Å². The number of ether oxygens (including phenoxy) is 3.